The first-order chi connectivity index (χ1) is 8.88. The van der Waals surface area contributed by atoms with Crippen LogP contribution in [0.3, 0.4) is 0 Å². The molecule has 0 N–H and O–H groups in total. The quantitative estimate of drug-likeness (QED) is 0.853. The summed E-state index contributed by atoms with van der Waals surface area (Å²) in [6.07, 6.45) is 0. The number of para-hydroxylation sites is 1. The van der Waals surface area contributed by atoms with Crippen molar-refractivity contribution < 1.29 is 9.47 Å². The van der Waals surface area contributed by atoms with E-state index in [2.05, 4.69) is 11.0 Å². The van der Waals surface area contributed by atoms with Crippen LogP contribution in [-0.4, -0.2) is 37.9 Å². The fourth-order valence-corrected chi connectivity index (χ4v) is 3.11. The van der Waals surface area contributed by atoms with Crippen molar-refractivity contribution in [3.63, 3.8) is 0 Å². The third kappa shape index (κ3) is 2.15. The van der Waals surface area contributed by atoms with Gasteiger partial charge in [0.05, 0.1) is 24.5 Å². The summed E-state index contributed by atoms with van der Waals surface area (Å²) in [5, 5.41) is 1.07. The van der Waals surface area contributed by atoms with Gasteiger partial charge < -0.3 is 14.4 Å². The Balaban J connectivity index is 1.96. The summed E-state index contributed by atoms with van der Waals surface area (Å²) < 4.78 is 12.2. The third-order valence-electron chi connectivity index (χ3n) is 2.95. The van der Waals surface area contributed by atoms with E-state index in [1.807, 2.05) is 19.1 Å². The Hall–Kier alpha value is -1.33. The lowest BCUT2D eigenvalue weighted by molar-refractivity contribution is 0.122. The summed E-state index contributed by atoms with van der Waals surface area (Å²) in [5.74, 6) is 0.880. The number of fused-ring (bicyclic) bond motifs is 1. The van der Waals surface area contributed by atoms with Gasteiger partial charge in [0.15, 0.2) is 5.13 Å². The number of ether oxygens (including phenoxy) is 2. The first-order valence-corrected chi connectivity index (χ1v) is 7.05. The van der Waals surface area contributed by atoms with Crippen LogP contribution in [0.5, 0.6) is 5.75 Å². The van der Waals surface area contributed by atoms with E-state index in [9.17, 15) is 0 Å². The van der Waals surface area contributed by atoms with Crippen LogP contribution in [0.4, 0.5) is 5.13 Å². The Morgan fingerprint density at radius 1 is 1.39 bits per heavy atom. The molecular weight excluding hydrogens is 248 g/mol. The molecule has 1 aliphatic heterocycles. The smallest absolute Gasteiger partial charge is 0.186 e. The Labute approximate surface area is 110 Å². The SMILES string of the molecule is CCOc1cccc2sc(N3CCOCC3)nc12. The van der Waals surface area contributed by atoms with Gasteiger partial charge in [-0.25, -0.2) is 4.98 Å². The molecule has 1 aromatic heterocycles. The highest BCUT2D eigenvalue weighted by atomic mass is 32.1. The minimum Gasteiger partial charge on any atom is -0.492 e. The zero-order valence-corrected chi connectivity index (χ0v) is 11.2. The molecule has 2 aromatic rings. The van der Waals surface area contributed by atoms with Crippen molar-refractivity contribution in [3.05, 3.63) is 18.2 Å². The van der Waals surface area contributed by atoms with Crippen LogP contribution >= 0.6 is 11.3 Å². The van der Waals surface area contributed by atoms with Crippen molar-refractivity contribution in [3.8, 4) is 5.75 Å². The van der Waals surface area contributed by atoms with Crippen LogP contribution in [-0.2, 0) is 4.74 Å². The molecule has 4 nitrogen and oxygen atoms in total. The number of hydrogen-bond donors (Lipinski definition) is 0. The van der Waals surface area contributed by atoms with Crippen LogP contribution in [0.15, 0.2) is 18.2 Å². The maximum absolute atomic E-state index is 5.62. The van der Waals surface area contributed by atoms with Gasteiger partial charge in [-0.05, 0) is 19.1 Å². The lowest BCUT2D eigenvalue weighted by Crippen LogP contribution is -2.36. The molecule has 1 fully saturated rings. The standard InChI is InChI=1S/C13H16N2O2S/c1-2-17-10-4-3-5-11-12(10)14-13(18-11)15-6-8-16-9-7-15/h3-5H,2,6-9H2,1H3. The van der Waals surface area contributed by atoms with E-state index in [1.54, 1.807) is 11.3 Å². The van der Waals surface area contributed by atoms with E-state index in [-0.39, 0.29) is 0 Å². The fourth-order valence-electron chi connectivity index (χ4n) is 2.07. The molecule has 0 radical (unpaired) electrons. The zero-order valence-electron chi connectivity index (χ0n) is 10.4. The molecule has 0 unspecified atom stereocenters. The van der Waals surface area contributed by atoms with Crippen molar-refractivity contribution in [1.29, 1.82) is 0 Å². The maximum atomic E-state index is 5.62. The fraction of sp³-hybridized carbons (Fsp3) is 0.462. The minimum atomic E-state index is 0.670. The largest absolute Gasteiger partial charge is 0.492 e. The van der Waals surface area contributed by atoms with E-state index in [1.165, 1.54) is 4.70 Å². The normalized spacial score (nSPS) is 16.2. The third-order valence-corrected chi connectivity index (χ3v) is 4.03. The van der Waals surface area contributed by atoms with E-state index >= 15 is 0 Å². The van der Waals surface area contributed by atoms with Gasteiger partial charge in [0.2, 0.25) is 0 Å². The van der Waals surface area contributed by atoms with Crippen molar-refractivity contribution in [2.24, 2.45) is 0 Å². The molecule has 5 heteroatoms. The summed E-state index contributed by atoms with van der Waals surface area (Å²) >= 11 is 1.72. The molecule has 18 heavy (non-hydrogen) atoms. The molecule has 0 amide bonds. The van der Waals surface area contributed by atoms with Crippen molar-refractivity contribution in [2.75, 3.05) is 37.8 Å². The van der Waals surface area contributed by atoms with Gasteiger partial charge in [-0.1, -0.05) is 17.4 Å². The Bertz CT molecular complexity index is 535. The zero-order chi connectivity index (χ0) is 12.4. The molecule has 2 heterocycles. The Kier molecular flexibility index (Phi) is 3.34. The molecule has 0 saturated carbocycles. The first kappa shape index (κ1) is 11.7. The highest BCUT2D eigenvalue weighted by Crippen LogP contribution is 2.34. The topological polar surface area (TPSA) is 34.6 Å². The second kappa shape index (κ2) is 5.12. The number of nitrogens with zero attached hydrogens (tertiary/aromatic N) is 2. The van der Waals surface area contributed by atoms with E-state index < -0.39 is 0 Å². The summed E-state index contributed by atoms with van der Waals surface area (Å²) in [7, 11) is 0. The number of aromatic nitrogens is 1. The number of hydrogen-bond acceptors (Lipinski definition) is 5. The van der Waals surface area contributed by atoms with Crippen LogP contribution in [0, 0.1) is 0 Å². The monoisotopic (exact) mass is 264 g/mol. The molecular formula is C13H16N2O2S. The van der Waals surface area contributed by atoms with Crippen molar-refractivity contribution >= 4 is 26.7 Å². The Morgan fingerprint density at radius 3 is 3.00 bits per heavy atom. The second-order valence-electron chi connectivity index (χ2n) is 4.13. The van der Waals surface area contributed by atoms with Gasteiger partial charge in [-0.15, -0.1) is 0 Å². The van der Waals surface area contributed by atoms with Gasteiger partial charge >= 0.3 is 0 Å². The minimum absolute atomic E-state index is 0.670. The molecule has 1 aliphatic rings. The predicted octanol–water partition coefficient (Wildman–Crippen LogP) is 2.53. The van der Waals surface area contributed by atoms with Gasteiger partial charge in [0.1, 0.15) is 11.3 Å². The van der Waals surface area contributed by atoms with E-state index in [0.717, 1.165) is 42.7 Å². The van der Waals surface area contributed by atoms with Crippen LogP contribution in [0.1, 0.15) is 6.92 Å². The second-order valence-corrected chi connectivity index (χ2v) is 5.14. The number of benzene rings is 1. The van der Waals surface area contributed by atoms with Crippen LogP contribution < -0.4 is 9.64 Å². The molecule has 1 saturated heterocycles. The maximum Gasteiger partial charge on any atom is 0.186 e. The number of thiazole rings is 1. The van der Waals surface area contributed by atoms with Crippen molar-refractivity contribution in [2.45, 2.75) is 6.92 Å². The van der Waals surface area contributed by atoms with Gasteiger partial charge in [0.25, 0.3) is 0 Å². The highest BCUT2D eigenvalue weighted by molar-refractivity contribution is 7.22. The molecule has 96 valence electrons. The van der Waals surface area contributed by atoms with Gasteiger partial charge in [-0.3, -0.25) is 0 Å². The molecule has 1 aromatic carbocycles. The lowest BCUT2D eigenvalue weighted by Gasteiger charge is -2.25. The molecule has 0 atom stereocenters. The molecule has 0 spiro atoms. The highest BCUT2D eigenvalue weighted by Gasteiger charge is 2.16. The van der Waals surface area contributed by atoms with Crippen LogP contribution in [0.25, 0.3) is 10.2 Å². The summed E-state index contributed by atoms with van der Waals surface area (Å²) in [6, 6.07) is 6.10. The van der Waals surface area contributed by atoms with Gasteiger partial charge in [-0.2, -0.15) is 0 Å². The average molecular weight is 264 g/mol. The summed E-state index contributed by atoms with van der Waals surface area (Å²) in [6.45, 7) is 6.08. The number of anilines is 1. The summed E-state index contributed by atoms with van der Waals surface area (Å²) in [4.78, 5) is 7.00. The number of morpholine rings is 1. The van der Waals surface area contributed by atoms with Gasteiger partial charge in [0, 0.05) is 13.1 Å². The Morgan fingerprint density at radius 2 is 2.22 bits per heavy atom. The van der Waals surface area contributed by atoms with E-state index in [0.29, 0.717) is 6.61 Å². The molecule has 3 rings (SSSR count). The first-order valence-electron chi connectivity index (χ1n) is 6.23. The van der Waals surface area contributed by atoms with Crippen LogP contribution in [0.2, 0.25) is 0 Å². The predicted molar refractivity (Wildman–Crippen MR) is 73.8 cm³/mol. The molecule has 0 aliphatic carbocycles. The number of rotatable bonds is 3. The average Bonchev–Trinajstić information content (AvgIpc) is 2.85. The van der Waals surface area contributed by atoms with Crippen molar-refractivity contribution in [1.82, 2.24) is 4.98 Å². The summed E-state index contributed by atoms with van der Waals surface area (Å²) in [5.41, 5.74) is 0.978. The lowest BCUT2D eigenvalue weighted by atomic mass is 10.3. The molecule has 0 bridgehead atoms. The van der Waals surface area contributed by atoms with E-state index in [4.69, 9.17) is 14.5 Å².